The SMILES string of the molecule is CCCC[NH+](CCCC)CCCC.CCCC[NH+](CCCC)CCCC.O=P([O-])(O)C(F)(Cl)P(=O)([O-])O. The van der Waals surface area contributed by atoms with Gasteiger partial charge in [0.15, 0.2) is 15.2 Å². The summed E-state index contributed by atoms with van der Waals surface area (Å²) < 4.78 is 27.4. The van der Waals surface area contributed by atoms with E-state index in [-0.39, 0.29) is 0 Å². The van der Waals surface area contributed by atoms with E-state index in [1.807, 2.05) is 9.80 Å². The fraction of sp³-hybridized carbons (Fsp3) is 1.00. The Morgan fingerprint density at radius 3 is 0.838 bits per heavy atom. The van der Waals surface area contributed by atoms with Crippen molar-refractivity contribution in [2.75, 3.05) is 39.3 Å². The highest BCUT2D eigenvalue weighted by Gasteiger charge is 2.48. The summed E-state index contributed by atoms with van der Waals surface area (Å²) in [5.41, 5.74) is 0. The molecule has 0 bridgehead atoms. The Bertz CT molecular complexity index is 507. The van der Waals surface area contributed by atoms with Crippen LogP contribution in [0.3, 0.4) is 0 Å². The van der Waals surface area contributed by atoms with Crippen LogP contribution in [0.25, 0.3) is 0 Å². The van der Waals surface area contributed by atoms with Crippen LogP contribution in [0.2, 0.25) is 0 Å². The van der Waals surface area contributed by atoms with Gasteiger partial charge in [-0.25, -0.2) is 4.39 Å². The molecule has 0 aliphatic carbocycles. The Kier molecular flexibility index (Phi) is 28.8. The van der Waals surface area contributed by atoms with Crippen molar-refractivity contribution in [1.29, 1.82) is 0 Å². The summed E-state index contributed by atoms with van der Waals surface area (Å²) in [6.07, 6.45) is 16.5. The van der Waals surface area contributed by atoms with Crippen LogP contribution in [-0.2, 0) is 9.13 Å². The molecule has 228 valence electrons. The van der Waals surface area contributed by atoms with E-state index in [2.05, 4.69) is 53.1 Å². The molecule has 4 N–H and O–H groups in total. The Hall–Kier alpha value is 0.440. The van der Waals surface area contributed by atoms with E-state index in [4.69, 9.17) is 9.79 Å². The van der Waals surface area contributed by atoms with Gasteiger partial charge in [0.25, 0.3) is 0 Å². The molecular formula is C25H58ClFN2O6P2. The van der Waals surface area contributed by atoms with Crippen molar-refractivity contribution in [3.63, 3.8) is 0 Å². The van der Waals surface area contributed by atoms with Crippen molar-refractivity contribution in [1.82, 2.24) is 0 Å². The van der Waals surface area contributed by atoms with Gasteiger partial charge in [-0.05, 0) is 38.5 Å². The molecule has 0 aromatic carbocycles. The van der Waals surface area contributed by atoms with Crippen LogP contribution < -0.4 is 19.6 Å². The lowest BCUT2D eigenvalue weighted by atomic mass is 10.2. The number of quaternary nitrogens is 2. The second-order valence-electron chi connectivity index (χ2n) is 9.67. The zero-order chi connectivity index (χ0) is 29.4. The first kappa shape index (κ1) is 41.9. The molecule has 0 fully saturated rings. The van der Waals surface area contributed by atoms with E-state index >= 15 is 0 Å². The molecule has 37 heavy (non-hydrogen) atoms. The third kappa shape index (κ3) is 24.0. The summed E-state index contributed by atoms with van der Waals surface area (Å²) in [7, 11) is -11.9. The van der Waals surface area contributed by atoms with Crippen LogP contribution in [-0.4, -0.2) is 53.7 Å². The lowest BCUT2D eigenvalue weighted by Crippen LogP contribution is -3.12. The van der Waals surface area contributed by atoms with Gasteiger partial charge in [-0.15, -0.1) is 0 Å². The highest BCUT2D eigenvalue weighted by molar-refractivity contribution is 7.73. The van der Waals surface area contributed by atoms with E-state index in [1.165, 1.54) is 116 Å². The molecule has 12 heteroatoms. The fourth-order valence-electron chi connectivity index (χ4n) is 3.47. The average Bonchev–Trinajstić information content (AvgIpc) is 2.82. The second kappa shape index (κ2) is 25.4. The van der Waals surface area contributed by atoms with E-state index in [9.17, 15) is 23.3 Å². The molecule has 0 aromatic rings. The Balaban J connectivity index is -0.000000471. The predicted molar refractivity (Wildman–Crippen MR) is 150 cm³/mol. The Morgan fingerprint density at radius 1 is 0.595 bits per heavy atom. The van der Waals surface area contributed by atoms with E-state index in [0.717, 1.165) is 0 Å². The molecule has 0 radical (unpaired) electrons. The highest BCUT2D eigenvalue weighted by Crippen LogP contribution is 2.68. The normalized spacial score (nSPS) is 16.2. The quantitative estimate of drug-likeness (QED) is 0.125. The molecule has 0 saturated heterocycles. The fourth-order valence-corrected chi connectivity index (χ4v) is 4.75. The minimum atomic E-state index is -5.97. The van der Waals surface area contributed by atoms with E-state index < -0.39 is 19.8 Å². The summed E-state index contributed by atoms with van der Waals surface area (Å²) in [6.45, 7) is 22.1. The summed E-state index contributed by atoms with van der Waals surface area (Å²) >= 11 is 4.17. The van der Waals surface area contributed by atoms with Gasteiger partial charge in [0, 0.05) is 0 Å². The van der Waals surface area contributed by atoms with Gasteiger partial charge in [-0.2, -0.15) is 0 Å². The van der Waals surface area contributed by atoms with Gasteiger partial charge in [0.2, 0.25) is 0 Å². The van der Waals surface area contributed by atoms with Crippen molar-refractivity contribution in [3.8, 4) is 0 Å². The third-order valence-corrected chi connectivity index (χ3v) is 10.1. The maximum atomic E-state index is 12.2. The number of hydrogen-bond donors (Lipinski definition) is 4. The van der Waals surface area contributed by atoms with E-state index in [0.29, 0.717) is 0 Å². The van der Waals surface area contributed by atoms with Crippen molar-refractivity contribution in [2.45, 2.75) is 123 Å². The molecule has 0 aromatic heterocycles. The Morgan fingerprint density at radius 2 is 0.757 bits per heavy atom. The predicted octanol–water partition coefficient (Wildman–Crippen LogP) is 3.44. The van der Waals surface area contributed by atoms with Crippen molar-refractivity contribution in [3.05, 3.63) is 0 Å². The summed E-state index contributed by atoms with van der Waals surface area (Å²) in [5.74, 6) is 0. The molecule has 8 nitrogen and oxygen atoms in total. The maximum absolute atomic E-state index is 12.2. The van der Waals surface area contributed by atoms with Crippen molar-refractivity contribution >= 4 is 26.8 Å². The molecule has 2 atom stereocenters. The number of hydrogen-bond acceptors (Lipinski definition) is 4. The minimum Gasteiger partial charge on any atom is -0.775 e. The third-order valence-electron chi connectivity index (χ3n) is 5.98. The summed E-state index contributed by atoms with van der Waals surface area (Å²) in [5, 5.41) is 0. The first-order valence-corrected chi connectivity index (χ1v) is 17.9. The molecule has 0 heterocycles. The minimum absolute atomic E-state index is 1.35. The lowest BCUT2D eigenvalue weighted by molar-refractivity contribution is -0.900. The zero-order valence-corrected chi connectivity index (χ0v) is 27.0. The summed E-state index contributed by atoms with van der Waals surface area (Å²) in [4.78, 5) is 39.0. The number of rotatable bonds is 20. The number of halogens is 2. The van der Waals surface area contributed by atoms with Gasteiger partial charge < -0.3 is 38.5 Å². The molecule has 0 amide bonds. The monoisotopic (exact) mass is 598 g/mol. The average molecular weight is 599 g/mol. The number of alkyl halides is 2. The van der Waals surface area contributed by atoms with Gasteiger partial charge in [-0.3, -0.25) is 0 Å². The van der Waals surface area contributed by atoms with Gasteiger partial charge in [0.1, 0.15) is 0 Å². The van der Waals surface area contributed by atoms with Crippen molar-refractivity contribution in [2.24, 2.45) is 0 Å². The lowest BCUT2D eigenvalue weighted by Gasteiger charge is -2.34. The maximum Gasteiger partial charge on any atom is 0.307 e. The molecule has 0 aliphatic heterocycles. The van der Waals surface area contributed by atoms with Crippen LogP contribution in [0.5, 0.6) is 0 Å². The molecular weight excluding hydrogens is 541 g/mol. The number of unbranched alkanes of at least 4 members (excludes halogenated alkanes) is 6. The van der Waals surface area contributed by atoms with Gasteiger partial charge >= 0.3 is 4.61 Å². The van der Waals surface area contributed by atoms with Crippen molar-refractivity contribution < 1.29 is 42.9 Å². The molecule has 2 unspecified atom stereocenters. The van der Waals surface area contributed by atoms with Crippen LogP contribution in [0.4, 0.5) is 4.39 Å². The highest BCUT2D eigenvalue weighted by atomic mass is 35.5. The molecule has 0 rings (SSSR count). The topological polar surface area (TPSA) is 130 Å². The second-order valence-corrected chi connectivity index (χ2v) is 14.4. The first-order chi connectivity index (χ1) is 17.2. The first-order valence-electron chi connectivity index (χ1n) is 14.3. The molecule has 0 spiro atoms. The molecule has 0 aliphatic rings. The van der Waals surface area contributed by atoms with Crippen LogP contribution in [0.1, 0.15) is 119 Å². The van der Waals surface area contributed by atoms with E-state index in [1.54, 1.807) is 0 Å². The number of nitrogens with one attached hydrogen (secondary N) is 2. The zero-order valence-electron chi connectivity index (χ0n) is 24.4. The molecule has 0 saturated carbocycles. The largest absolute Gasteiger partial charge is 0.775 e. The van der Waals surface area contributed by atoms with Crippen LogP contribution >= 0.6 is 26.8 Å². The Labute approximate surface area is 232 Å². The summed E-state index contributed by atoms with van der Waals surface area (Å²) in [6, 6.07) is 0. The van der Waals surface area contributed by atoms with Gasteiger partial charge in [0.05, 0.1) is 39.3 Å². The van der Waals surface area contributed by atoms with Gasteiger partial charge in [-0.1, -0.05) is 91.7 Å². The smallest absolute Gasteiger partial charge is 0.307 e. The van der Waals surface area contributed by atoms with Crippen LogP contribution in [0, 0.1) is 0 Å². The standard InChI is InChI=1S/2C12H27N.CH4ClFO6P2/c2*1-4-7-10-13(11-8-5-2)12-9-6-3;2-1(3,10(4,5)6)11(7,8)9/h2*4-12H2,1-3H3;(H2,4,5,6)(H2,7,8,9). The van der Waals surface area contributed by atoms with Crippen LogP contribution in [0.15, 0.2) is 0 Å².